The fourth-order valence-corrected chi connectivity index (χ4v) is 2.37. The van der Waals surface area contributed by atoms with E-state index < -0.39 is 0 Å². The predicted octanol–water partition coefficient (Wildman–Crippen LogP) is 2.84. The first-order chi connectivity index (χ1) is 9.79. The number of nitrogens with two attached hydrogens (primary N) is 1. The molecular formula is C15H13ClN4. The summed E-state index contributed by atoms with van der Waals surface area (Å²) < 4.78 is 0. The molecule has 0 aliphatic heterocycles. The van der Waals surface area contributed by atoms with Crippen molar-refractivity contribution in [1.82, 2.24) is 15.4 Å². The molecule has 0 spiro atoms. The van der Waals surface area contributed by atoms with Gasteiger partial charge < -0.3 is 0 Å². The number of hydrogen-bond acceptors (Lipinski definition) is 4. The van der Waals surface area contributed by atoms with E-state index in [1.54, 1.807) is 18.5 Å². The topological polar surface area (TPSA) is 63.8 Å². The van der Waals surface area contributed by atoms with E-state index in [4.69, 9.17) is 17.4 Å². The van der Waals surface area contributed by atoms with Gasteiger partial charge >= 0.3 is 0 Å². The zero-order chi connectivity index (χ0) is 13.9. The maximum absolute atomic E-state index is 5.87. The van der Waals surface area contributed by atoms with Crippen molar-refractivity contribution in [1.29, 1.82) is 0 Å². The van der Waals surface area contributed by atoms with Crippen LogP contribution in [0.2, 0.25) is 5.02 Å². The van der Waals surface area contributed by atoms with Crippen molar-refractivity contribution >= 4 is 22.5 Å². The van der Waals surface area contributed by atoms with Gasteiger partial charge in [-0.05, 0) is 18.2 Å². The molecule has 0 radical (unpaired) electrons. The van der Waals surface area contributed by atoms with E-state index in [0.29, 0.717) is 5.02 Å². The highest BCUT2D eigenvalue weighted by Gasteiger charge is 2.16. The quantitative estimate of drug-likeness (QED) is 0.573. The van der Waals surface area contributed by atoms with E-state index in [1.165, 1.54) is 0 Å². The summed E-state index contributed by atoms with van der Waals surface area (Å²) in [5.41, 5.74) is 5.50. The molecule has 5 heteroatoms. The minimum atomic E-state index is -0.231. The van der Waals surface area contributed by atoms with Crippen LogP contribution >= 0.6 is 11.6 Å². The molecular weight excluding hydrogens is 272 g/mol. The first-order valence-electron chi connectivity index (χ1n) is 6.21. The third kappa shape index (κ3) is 2.36. The Kier molecular flexibility index (Phi) is 3.60. The highest BCUT2D eigenvalue weighted by Crippen LogP contribution is 2.26. The molecule has 2 aromatic heterocycles. The molecule has 3 rings (SSSR count). The number of fused-ring (bicyclic) bond motifs is 1. The molecule has 1 aromatic carbocycles. The number of hydrogen-bond donors (Lipinski definition) is 2. The monoisotopic (exact) mass is 284 g/mol. The Morgan fingerprint density at radius 1 is 1.05 bits per heavy atom. The highest BCUT2D eigenvalue weighted by molar-refractivity contribution is 6.30. The van der Waals surface area contributed by atoms with Crippen molar-refractivity contribution in [2.24, 2.45) is 5.84 Å². The average molecular weight is 285 g/mol. The number of nitrogens with zero attached hydrogens (tertiary/aromatic N) is 2. The molecule has 3 N–H and O–H groups in total. The van der Waals surface area contributed by atoms with Crippen LogP contribution in [0.3, 0.4) is 0 Å². The summed E-state index contributed by atoms with van der Waals surface area (Å²) in [6, 6.07) is 13.4. The van der Waals surface area contributed by atoms with Crippen molar-refractivity contribution < 1.29 is 0 Å². The third-order valence-corrected chi connectivity index (χ3v) is 3.41. The Hall–Kier alpha value is -2.01. The number of aromatic nitrogens is 2. The van der Waals surface area contributed by atoms with Crippen LogP contribution in [0.1, 0.15) is 17.3 Å². The number of nitrogens with one attached hydrogen (secondary N) is 1. The molecule has 0 bridgehead atoms. The van der Waals surface area contributed by atoms with Crippen LogP contribution in [0.25, 0.3) is 10.9 Å². The van der Waals surface area contributed by atoms with E-state index in [-0.39, 0.29) is 6.04 Å². The smallest absolute Gasteiger partial charge is 0.0902 e. The molecule has 4 nitrogen and oxygen atoms in total. The largest absolute Gasteiger partial charge is 0.271 e. The molecule has 0 amide bonds. The van der Waals surface area contributed by atoms with Crippen LogP contribution in [0.4, 0.5) is 0 Å². The minimum Gasteiger partial charge on any atom is -0.271 e. The maximum atomic E-state index is 5.87. The van der Waals surface area contributed by atoms with Crippen molar-refractivity contribution in [3.8, 4) is 0 Å². The summed E-state index contributed by atoms with van der Waals surface area (Å²) >= 11 is 5.87. The lowest BCUT2D eigenvalue weighted by atomic mass is 10.0. The number of halogens is 1. The summed E-state index contributed by atoms with van der Waals surface area (Å²) in [4.78, 5) is 8.77. The standard InChI is InChI=1S/C15H13ClN4/c16-11-6-7-13(19-9-11)15(20-17)12-5-1-3-10-4-2-8-18-14(10)12/h1-9,15,20H,17H2. The van der Waals surface area contributed by atoms with Crippen LogP contribution < -0.4 is 11.3 Å². The molecule has 0 aliphatic rings. The summed E-state index contributed by atoms with van der Waals surface area (Å²) in [6.07, 6.45) is 3.38. The first kappa shape index (κ1) is 13.0. The van der Waals surface area contributed by atoms with E-state index in [2.05, 4.69) is 15.4 Å². The van der Waals surface area contributed by atoms with Crippen LogP contribution in [-0.4, -0.2) is 9.97 Å². The Morgan fingerprint density at radius 2 is 1.90 bits per heavy atom. The summed E-state index contributed by atoms with van der Waals surface area (Å²) in [5.74, 6) is 5.72. The Bertz CT molecular complexity index is 722. The number of rotatable bonds is 3. The van der Waals surface area contributed by atoms with Gasteiger partial charge in [-0.2, -0.15) is 0 Å². The van der Waals surface area contributed by atoms with Gasteiger partial charge in [0, 0.05) is 23.3 Å². The molecule has 100 valence electrons. The zero-order valence-electron chi connectivity index (χ0n) is 10.6. The fourth-order valence-electron chi connectivity index (χ4n) is 2.25. The molecule has 1 unspecified atom stereocenters. The molecule has 20 heavy (non-hydrogen) atoms. The second-order valence-corrected chi connectivity index (χ2v) is 4.86. The summed E-state index contributed by atoms with van der Waals surface area (Å²) in [7, 11) is 0. The number of pyridine rings is 2. The zero-order valence-corrected chi connectivity index (χ0v) is 11.4. The number of para-hydroxylation sites is 1. The van der Waals surface area contributed by atoms with E-state index >= 15 is 0 Å². The van der Waals surface area contributed by atoms with Crippen molar-refractivity contribution in [2.75, 3.05) is 0 Å². The number of hydrazine groups is 1. The van der Waals surface area contributed by atoms with Gasteiger partial charge in [0.15, 0.2) is 0 Å². The molecule has 2 heterocycles. The minimum absolute atomic E-state index is 0.231. The van der Waals surface area contributed by atoms with E-state index in [9.17, 15) is 0 Å². The van der Waals surface area contributed by atoms with Gasteiger partial charge in [-0.3, -0.25) is 15.8 Å². The van der Waals surface area contributed by atoms with Crippen molar-refractivity contribution in [2.45, 2.75) is 6.04 Å². The Balaban J connectivity index is 2.14. The molecule has 0 fully saturated rings. The molecule has 0 saturated carbocycles. The van der Waals surface area contributed by atoms with Crippen molar-refractivity contribution in [3.63, 3.8) is 0 Å². The SMILES string of the molecule is NNC(c1ccc(Cl)cn1)c1cccc2cccnc12. The van der Waals surface area contributed by atoms with Gasteiger partial charge in [0.1, 0.15) is 0 Å². The third-order valence-electron chi connectivity index (χ3n) is 3.19. The van der Waals surface area contributed by atoms with Gasteiger partial charge in [-0.1, -0.05) is 35.9 Å². The van der Waals surface area contributed by atoms with E-state index in [0.717, 1.165) is 22.2 Å². The second kappa shape index (κ2) is 5.54. The van der Waals surface area contributed by atoms with Crippen molar-refractivity contribution in [3.05, 3.63) is 71.1 Å². The molecule has 3 aromatic rings. The first-order valence-corrected chi connectivity index (χ1v) is 6.58. The second-order valence-electron chi connectivity index (χ2n) is 4.42. The van der Waals surface area contributed by atoms with E-state index in [1.807, 2.05) is 36.4 Å². The Morgan fingerprint density at radius 3 is 2.65 bits per heavy atom. The maximum Gasteiger partial charge on any atom is 0.0902 e. The Labute approximate surface area is 121 Å². The van der Waals surface area contributed by atoms with Gasteiger partial charge in [-0.15, -0.1) is 0 Å². The normalized spacial score (nSPS) is 12.5. The predicted molar refractivity (Wildman–Crippen MR) is 80.2 cm³/mol. The molecule has 0 aliphatic carbocycles. The molecule has 0 saturated heterocycles. The van der Waals surface area contributed by atoms with Gasteiger partial charge in [0.2, 0.25) is 0 Å². The highest BCUT2D eigenvalue weighted by atomic mass is 35.5. The fraction of sp³-hybridized carbons (Fsp3) is 0.0667. The summed E-state index contributed by atoms with van der Waals surface area (Å²) in [6.45, 7) is 0. The molecule has 1 atom stereocenters. The van der Waals surface area contributed by atoms with Crippen LogP contribution in [0.5, 0.6) is 0 Å². The van der Waals surface area contributed by atoms with Crippen LogP contribution in [0.15, 0.2) is 54.9 Å². The number of benzene rings is 1. The lowest BCUT2D eigenvalue weighted by molar-refractivity contribution is 0.624. The average Bonchev–Trinajstić information content (AvgIpc) is 2.50. The van der Waals surface area contributed by atoms with Crippen LogP contribution in [0, 0.1) is 0 Å². The van der Waals surface area contributed by atoms with Gasteiger partial charge in [-0.25, -0.2) is 5.43 Å². The van der Waals surface area contributed by atoms with Crippen LogP contribution in [-0.2, 0) is 0 Å². The lowest BCUT2D eigenvalue weighted by Gasteiger charge is -2.17. The van der Waals surface area contributed by atoms with Gasteiger partial charge in [0.05, 0.1) is 22.3 Å². The van der Waals surface area contributed by atoms with Gasteiger partial charge in [0.25, 0.3) is 0 Å². The summed E-state index contributed by atoms with van der Waals surface area (Å²) in [5, 5.41) is 1.67. The lowest BCUT2D eigenvalue weighted by Crippen LogP contribution is -2.29.